The lowest BCUT2D eigenvalue weighted by Crippen LogP contribution is -2.39. The average Bonchev–Trinajstić information content (AvgIpc) is 3.28. The highest BCUT2D eigenvalue weighted by atomic mass is 19.1. The Labute approximate surface area is 171 Å². The van der Waals surface area contributed by atoms with E-state index >= 15 is 0 Å². The molecule has 0 aliphatic carbocycles. The fourth-order valence-corrected chi connectivity index (χ4v) is 3.32. The molecule has 156 valence electrons. The van der Waals surface area contributed by atoms with Gasteiger partial charge in [-0.2, -0.15) is 0 Å². The first-order valence-corrected chi connectivity index (χ1v) is 9.90. The van der Waals surface area contributed by atoms with E-state index in [0.29, 0.717) is 6.54 Å². The number of rotatable bonds is 8. The molecule has 0 saturated carbocycles. The van der Waals surface area contributed by atoms with Gasteiger partial charge in [-0.25, -0.2) is 9.37 Å². The molecule has 3 rings (SSSR count). The molecule has 0 saturated heterocycles. The number of nitrogens with zero attached hydrogens (tertiary/aromatic N) is 3. The zero-order valence-electron chi connectivity index (χ0n) is 17.5. The number of imidazole rings is 1. The molecule has 0 bridgehead atoms. The van der Waals surface area contributed by atoms with Crippen LogP contribution >= 0.6 is 0 Å². The lowest BCUT2D eigenvalue weighted by Gasteiger charge is -2.32. The summed E-state index contributed by atoms with van der Waals surface area (Å²) in [5.41, 5.74) is 7.99. The standard InChI is InChI=1S/C22H30FN5O/c1-15-10-18(27-29-15)13-28-14-19(16-8-6-5-7-9-16)26-21(28)20(22(2,3)4)25-12-17(23)11-24/h5-10,14,17,20,25H,11-13,24H2,1-4H3/t17-,20-/m0/s1. The van der Waals surface area contributed by atoms with Gasteiger partial charge in [0, 0.05) is 30.9 Å². The molecule has 29 heavy (non-hydrogen) atoms. The summed E-state index contributed by atoms with van der Waals surface area (Å²) in [6.07, 6.45) is 0.917. The van der Waals surface area contributed by atoms with E-state index in [2.05, 4.69) is 35.8 Å². The van der Waals surface area contributed by atoms with E-state index in [9.17, 15) is 4.39 Å². The first-order chi connectivity index (χ1) is 13.8. The molecule has 2 atom stereocenters. The van der Waals surface area contributed by atoms with Crippen molar-refractivity contribution in [3.8, 4) is 11.3 Å². The van der Waals surface area contributed by atoms with Gasteiger partial charge < -0.3 is 20.1 Å². The van der Waals surface area contributed by atoms with Crippen LogP contribution in [0.4, 0.5) is 4.39 Å². The summed E-state index contributed by atoms with van der Waals surface area (Å²) in [4.78, 5) is 4.94. The maximum atomic E-state index is 13.9. The van der Waals surface area contributed by atoms with E-state index in [1.807, 2.05) is 49.5 Å². The third-order valence-electron chi connectivity index (χ3n) is 4.81. The highest BCUT2D eigenvalue weighted by Crippen LogP contribution is 2.34. The van der Waals surface area contributed by atoms with Crippen LogP contribution in [-0.2, 0) is 6.54 Å². The highest BCUT2D eigenvalue weighted by Gasteiger charge is 2.31. The molecule has 0 aliphatic heterocycles. The number of halogens is 1. The van der Waals surface area contributed by atoms with Crippen molar-refractivity contribution in [3.05, 3.63) is 59.9 Å². The third kappa shape index (κ3) is 5.31. The molecule has 3 N–H and O–H groups in total. The first-order valence-electron chi connectivity index (χ1n) is 9.90. The van der Waals surface area contributed by atoms with Crippen LogP contribution in [0.2, 0.25) is 0 Å². The van der Waals surface area contributed by atoms with Crippen LogP contribution < -0.4 is 11.1 Å². The molecule has 7 heteroatoms. The summed E-state index contributed by atoms with van der Waals surface area (Å²) in [7, 11) is 0. The van der Waals surface area contributed by atoms with Crippen LogP contribution in [0.3, 0.4) is 0 Å². The maximum absolute atomic E-state index is 13.9. The van der Waals surface area contributed by atoms with Crippen LogP contribution in [0, 0.1) is 12.3 Å². The van der Waals surface area contributed by atoms with Gasteiger partial charge in [0.2, 0.25) is 0 Å². The van der Waals surface area contributed by atoms with Gasteiger partial charge in [-0.15, -0.1) is 0 Å². The van der Waals surface area contributed by atoms with E-state index in [0.717, 1.165) is 28.5 Å². The normalized spacial score (nSPS) is 14.1. The van der Waals surface area contributed by atoms with Crippen LogP contribution in [0.1, 0.15) is 44.1 Å². The summed E-state index contributed by atoms with van der Waals surface area (Å²) >= 11 is 0. The van der Waals surface area contributed by atoms with Crippen molar-refractivity contribution in [2.45, 2.75) is 46.5 Å². The zero-order chi connectivity index (χ0) is 21.0. The number of benzene rings is 1. The number of nitrogens with two attached hydrogens (primary N) is 1. The van der Waals surface area contributed by atoms with Gasteiger partial charge in [-0.05, 0) is 12.3 Å². The van der Waals surface area contributed by atoms with Gasteiger partial charge in [-0.3, -0.25) is 0 Å². The van der Waals surface area contributed by atoms with Crippen molar-refractivity contribution < 1.29 is 8.91 Å². The average molecular weight is 400 g/mol. The van der Waals surface area contributed by atoms with Crippen molar-refractivity contribution in [1.82, 2.24) is 20.0 Å². The molecule has 0 radical (unpaired) electrons. The number of nitrogens with one attached hydrogen (secondary N) is 1. The number of aromatic nitrogens is 3. The summed E-state index contributed by atoms with van der Waals surface area (Å²) in [6, 6.07) is 11.8. The van der Waals surface area contributed by atoms with Crippen LogP contribution in [0.15, 0.2) is 47.1 Å². The lowest BCUT2D eigenvalue weighted by molar-refractivity contribution is 0.227. The van der Waals surface area contributed by atoms with E-state index in [4.69, 9.17) is 15.2 Å². The second-order valence-electron chi connectivity index (χ2n) is 8.45. The molecule has 0 amide bonds. The molecule has 0 unspecified atom stereocenters. The van der Waals surface area contributed by atoms with Gasteiger partial charge in [0.25, 0.3) is 0 Å². The first kappa shape index (κ1) is 21.2. The number of alkyl halides is 1. The van der Waals surface area contributed by atoms with E-state index in [-0.39, 0.29) is 24.5 Å². The van der Waals surface area contributed by atoms with Crippen molar-refractivity contribution in [3.63, 3.8) is 0 Å². The SMILES string of the molecule is Cc1cc(Cn2cc(-c3ccccc3)nc2[C@H](NC[C@@H](F)CN)C(C)(C)C)no1. The summed E-state index contributed by atoms with van der Waals surface area (Å²) in [6.45, 7) is 8.90. The Kier molecular flexibility index (Phi) is 6.49. The highest BCUT2D eigenvalue weighted by molar-refractivity contribution is 5.58. The Hall–Kier alpha value is -2.51. The molecular weight excluding hydrogens is 369 g/mol. The quantitative estimate of drug-likeness (QED) is 0.601. The molecule has 0 aliphatic rings. The van der Waals surface area contributed by atoms with Crippen molar-refractivity contribution in [2.24, 2.45) is 11.1 Å². The summed E-state index contributed by atoms with van der Waals surface area (Å²) < 4.78 is 21.2. The predicted octanol–water partition coefficient (Wildman–Crippen LogP) is 3.87. The van der Waals surface area contributed by atoms with Gasteiger partial charge in [0.05, 0.1) is 18.3 Å². The molecular formula is C22H30FN5O. The van der Waals surface area contributed by atoms with Crippen LogP contribution in [0.25, 0.3) is 11.3 Å². The largest absolute Gasteiger partial charge is 0.361 e. The Morgan fingerprint density at radius 1 is 1.24 bits per heavy atom. The number of aryl methyl sites for hydroxylation is 1. The fourth-order valence-electron chi connectivity index (χ4n) is 3.32. The molecule has 0 spiro atoms. The minimum atomic E-state index is -1.10. The van der Waals surface area contributed by atoms with Gasteiger partial charge in [0.15, 0.2) is 0 Å². The fraction of sp³-hybridized carbons (Fsp3) is 0.455. The van der Waals surface area contributed by atoms with E-state index in [1.165, 1.54) is 0 Å². The third-order valence-corrected chi connectivity index (χ3v) is 4.81. The topological polar surface area (TPSA) is 81.9 Å². The molecule has 3 aromatic rings. The lowest BCUT2D eigenvalue weighted by atomic mass is 9.86. The van der Waals surface area contributed by atoms with Crippen LogP contribution in [0.5, 0.6) is 0 Å². The molecule has 6 nitrogen and oxygen atoms in total. The zero-order valence-corrected chi connectivity index (χ0v) is 17.5. The smallest absolute Gasteiger partial charge is 0.133 e. The maximum Gasteiger partial charge on any atom is 0.133 e. The van der Waals surface area contributed by atoms with E-state index < -0.39 is 6.17 Å². The van der Waals surface area contributed by atoms with Crippen molar-refractivity contribution >= 4 is 0 Å². The summed E-state index contributed by atoms with van der Waals surface area (Å²) in [5.74, 6) is 1.60. The molecule has 2 aromatic heterocycles. The minimum Gasteiger partial charge on any atom is -0.361 e. The Balaban J connectivity index is 2.01. The Morgan fingerprint density at radius 2 is 1.97 bits per heavy atom. The molecule has 0 fully saturated rings. The van der Waals surface area contributed by atoms with Gasteiger partial charge >= 0.3 is 0 Å². The Morgan fingerprint density at radius 3 is 2.55 bits per heavy atom. The second kappa shape index (κ2) is 8.88. The molecule has 1 aromatic carbocycles. The molecule has 2 heterocycles. The predicted molar refractivity (Wildman–Crippen MR) is 112 cm³/mol. The minimum absolute atomic E-state index is 0.00815. The van der Waals surface area contributed by atoms with Gasteiger partial charge in [-0.1, -0.05) is 56.3 Å². The second-order valence-corrected chi connectivity index (χ2v) is 8.45. The van der Waals surface area contributed by atoms with Crippen LogP contribution in [-0.4, -0.2) is 34.0 Å². The monoisotopic (exact) mass is 399 g/mol. The summed E-state index contributed by atoms with van der Waals surface area (Å²) in [5, 5.41) is 7.46. The van der Waals surface area contributed by atoms with Gasteiger partial charge in [0.1, 0.15) is 23.5 Å². The number of hydrogen-bond acceptors (Lipinski definition) is 5. The van der Waals surface area contributed by atoms with Crippen molar-refractivity contribution in [1.29, 1.82) is 0 Å². The number of hydrogen-bond donors (Lipinski definition) is 2. The van der Waals surface area contributed by atoms with E-state index in [1.54, 1.807) is 0 Å². The Bertz CT molecular complexity index is 913. The van der Waals surface area contributed by atoms with Crippen molar-refractivity contribution in [2.75, 3.05) is 13.1 Å².